The summed E-state index contributed by atoms with van der Waals surface area (Å²) in [6.07, 6.45) is 2.81. The number of hydrogen-bond acceptors (Lipinski definition) is 5. The zero-order chi connectivity index (χ0) is 22.4. The fraction of sp³-hybridized carbons (Fsp3) is 0.250. The average Bonchev–Trinajstić information content (AvgIpc) is 3.45. The van der Waals surface area contributed by atoms with Crippen LogP contribution in [-0.2, 0) is 4.79 Å². The van der Waals surface area contributed by atoms with Gasteiger partial charge in [-0.2, -0.15) is 0 Å². The number of amides is 2. The Morgan fingerprint density at radius 2 is 1.91 bits per heavy atom. The number of carbonyl (C=O) groups excluding carboxylic acids is 3. The number of carbonyl (C=O) groups is 3. The predicted molar refractivity (Wildman–Crippen MR) is 124 cm³/mol. The van der Waals surface area contributed by atoms with Gasteiger partial charge < -0.3 is 10.2 Å². The van der Waals surface area contributed by atoms with Gasteiger partial charge in [0, 0.05) is 56.4 Å². The van der Waals surface area contributed by atoms with Crippen LogP contribution in [0.4, 0.5) is 0 Å². The number of ketones is 1. The number of nitrogens with one attached hydrogen (secondary N) is 1. The number of fused-ring (bicyclic) bond motifs is 3. The van der Waals surface area contributed by atoms with Crippen molar-refractivity contribution in [2.45, 2.75) is 12.8 Å². The Morgan fingerprint density at radius 3 is 2.59 bits per heavy atom. The van der Waals surface area contributed by atoms with Gasteiger partial charge in [0.25, 0.3) is 5.91 Å². The van der Waals surface area contributed by atoms with Crippen molar-refractivity contribution in [2.75, 3.05) is 20.6 Å². The van der Waals surface area contributed by atoms with Gasteiger partial charge in [0.15, 0.2) is 10.7 Å². The molecule has 1 atom stereocenters. The van der Waals surface area contributed by atoms with E-state index in [1.54, 1.807) is 31.1 Å². The van der Waals surface area contributed by atoms with E-state index in [2.05, 4.69) is 5.32 Å². The van der Waals surface area contributed by atoms with E-state index in [-0.39, 0.29) is 23.5 Å². The second-order valence-corrected chi connectivity index (χ2v) is 9.20. The quantitative estimate of drug-likeness (QED) is 0.475. The van der Waals surface area contributed by atoms with Gasteiger partial charge in [0.05, 0.1) is 15.9 Å². The largest absolute Gasteiger partial charge is 0.355 e. The van der Waals surface area contributed by atoms with E-state index in [4.69, 9.17) is 4.98 Å². The van der Waals surface area contributed by atoms with Gasteiger partial charge in [0.1, 0.15) is 0 Å². The highest BCUT2D eigenvalue weighted by Gasteiger charge is 2.28. The average molecular weight is 447 g/mol. The highest BCUT2D eigenvalue weighted by Crippen LogP contribution is 2.31. The number of imidazole rings is 1. The Morgan fingerprint density at radius 1 is 1.16 bits per heavy atom. The van der Waals surface area contributed by atoms with Gasteiger partial charge in [-0.1, -0.05) is 23.5 Å². The molecule has 1 N–H and O–H groups in total. The van der Waals surface area contributed by atoms with Crippen molar-refractivity contribution >= 4 is 44.1 Å². The predicted octanol–water partition coefficient (Wildman–Crippen LogP) is 3.63. The van der Waals surface area contributed by atoms with E-state index < -0.39 is 0 Å². The standard InChI is InChI=1S/C24H22N4O3S/c1-25-23(31)16-5-3-15(4-6-16)18-13-28-19-8-7-17(11-21(19)32-24(28)26-18)20(29)9-14-10-22(30)27(2)12-14/h3-8,11,13-14H,9-10,12H2,1-2H3,(H,25,31). The number of aromatic nitrogens is 2. The van der Waals surface area contributed by atoms with Crippen LogP contribution >= 0.6 is 11.3 Å². The van der Waals surface area contributed by atoms with Crippen LogP contribution in [-0.4, -0.2) is 52.5 Å². The minimum atomic E-state index is -0.120. The minimum Gasteiger partial charge on any atom is -0.355 e. The maximum absolute atomic E-state index is 12.8. The second kappa shape index (κ2) is 7.87. The third kappa shape index (κ3) is 3.56. The highest BCUT2D eigenvalue weighted by atomic mass is 32.1. The van der Waals surface area contributed by atoms with Crippen LogP contribution in [0.5, 0.6) is 0 Å². The van der Waals surface area contributed by atoms with Gasteiger partial charge in [0.2, 0.25) is 5.91 Å². The highest BCUT2D eigenvalue weighted by molar-refractivity contribution is 7.23. The zero-order valence-electron chi connectivity index (χ0n) is 17.8. The van der Waals surface area contributed by atoms with Crippen molar-refractivity contribution in [1.29, 1.82) is 0 Å². The van der Waals surface area contributed by atoms with Crippen LogP contribution in [0.25, 0.3) is 26.4 Å². The summed E-state index contributed by atoms with van der Waals surface area (Å²) >= 11 is 1.54. The molecule has 0 bridgehead atoms. The van der Waals surface area contributed by atoms with Gasteiger partial charge in [-0.15, -0.1) is 0 Å². The summed E-state index contributed by atoms with van der Waals surface area (Å²) in [4.78, 5) is 43.5. The van der Waals surface area contributed by atoms with Gasteiger partial charge >= 0.3 is 0 Å². The number of benzene rings is 2. The Balaban J connectivity index is 1.39. The first-order valence-electron chi connectivity index (χ1n) is 10.4. The summed E-state index contributed by atoms with van der Waals surface area (Å²) in [5.74, 6) is 0.152. The molecular weight excluding hydrogens is 424 g/mol. The Hall–Kier alpha value is -3.52. The lowest BCUT2D eigenvalue weighted by atomic mass is 9.97. The molecule has 4 aromatic rings. The molecule has 0 radical (unpaired) electrons. The number of Topliss-reactive ketones (excluding diaryl/α,β-unsaturated/α-hetero) is 1. The molecule has 32 heavy (non-hydrogen) atoms. The molecule has 7 nitrogen and oxygen atoms in total. The summed E-state index contributed by atoms with van der Waals surface area (Å²) in [6.45, 7) is 0.645. The van der Waals surface area contributed by atoms with Crippen LogP contribution in [0.2, 0.25) is 0 Å². The molecule has 8 heteroatoms. The first-order chi connectivity index (χ1) is 15.4. The van der Waals surface area contributed by atoms with E-state index >= 15 is 0 Å². The Kier molecular flexibility index (Phi) is 5.01. The van der Waals surface area contributed by atoms with Crippen molar-refractivity contribution in [3.05, 3.63) is 59.8 Å². The van der Waals surface area contributed by atoms with Crippen molar-refractivity contribution in [3.63, 3.8) is 0 Å². The van der Waals surface area contributed by atoms with Crippen molar-refractivity contribution in [3.8, 4) is 11.3 Å². The van der Waals surface area contributed by atoms with Gasteiger partial charge in [-0.3, -0.25) is 18.8 Å². The van der Waals surface area contributed by atoms with E-state index in [9.17, 15) is 14.4 Å². The number of nitrogens with zero attached hydrogens (tertiary/aromatic N) is 3. The molecule has 1 fully saturated rings. The molecule has 2 amide bonds. The summed E-state index contributed by atoms with van der Waals surface area (Å²) in [5.41, 5.74) is 4.04. The minimum absolute atomic E-state index is 0.0722. The van der Waals surface area contributed by atoms with E-state index in [1.807, 2.05) is 40.9 Å². The number of likely N-dealkylation sites (tertiary alicyclic amines) is 1. The van der Waals surface area contributed by atoms with Gasteiger partial charge in [-0.25, -0.2) is 4.98 Å². The first kappa shape index (κ1) is 20.4. The lowest BCUT2D eigenvalue weighted by Gasteiger charge is -2.09. The molecule has 3 heterocycles. The molecule has 5 rings (SSSR count). The first-order valence-corrected chi connectivity index (χ1v) is 11.3. The van der Waals surface area contributed by atoms with Crippen LogP contribution in [0.3, 0.4) is 0 Å². The molecule has 1 aliphatic heterocycles. The molecule has 2 aromatic heterocycles. The molecule has 2 aromatic carbocycles. The molecular formula is C24H22N4O3S. The Labute approximate surface area is 188 Å². The van der Waals surface area contributed by atoms with Crippen molar-refractivity contribution in [2.24, 2.45) is 5.92 Å². The lowest BCUT2D eigenvalue weighted by Crippen LogP contribution is -2.19. The van der Waals surface area contributed by atoms with Crippen LogP contribution in [0, 0.1) is 5.92 Å². The summed E-state index contributed by atoms with van der Waals surface area (Å²) < 4.78 is 3.03. The smallest absolute Gasteiger partial charge is 0.251 e. The monoisotopic (exact) mass is 446 g/mol. The number of rotatable bonds is 5. The summed E-state index contributed by atoms with van der Waals surface area (Å²) in [7, 11) is 3.39. The van der Waals surface area contributed by atoms with Crippen LogP contribution in [0.1, 0.15) is 33.6 Å². The third-order valence-electron chi connectivity index (χ3n) is 5.98. The number of hydrogen-bond donors (Lipinski definition) is 1. The molecule has 0 aliphatic carbocycles. The number of thiazole rings is 1. The van der Waals surface area contributed by atoms with E-state index in [0.717, 1.165) is 26.4 Å². The SMILES string of the molecule is CNC(=O)c1ccc(-c2cn3c(n2)sc2cc(C(=O)CC4CC(=O)N(C)C4)ccc23)cc1. The van der Waals surface area contributed by atoms with Crippen molar-refractivity contribution in [1.82, 2.24) is 19.6 Å². The molecule has 1 unspecified atom stereocenters. The van der Waals surface area contributed by atoms with E-state index in [0.29, 0.717) is 30.5 Å². The molecule has 1 aliphatic rings. The normalized spacial score (nSPS) is 16.2. The molecule has 0 saturated carbocycles. The second-order valence-electron chi connectivity index (χ2n) is 8.19. The van der Waals surface area contributed by atoms with E-state index in [1.165, 1.54) is 11.3 Å². The van der Waals surface area contributed by atoms with Gasteiger partial charge in [-0.05, 0) is 36.2 Å². The fourth-order valence-electron chi connectivity index (χ4n) is 4.22. The van der Waals surface area contributed by atoms with Crippen LogP contribution < -0.4 is 5.32 Å². The molecule has 162 valence electrons. The maximum atomic E-state index is 12.8. The molecule has 0 spiro atoms. The summed E-state index contributed by atoms with van der Waals surface area (Å²) in [6, 6.07) is 13.1. The topological polar surface area (TPSA) is 83.8 Å². The molecule has 1 saturated heterocycles. The lowest BCUT2D eigenvalue weighted by molar-refractivity contribution is -0.126. The maximum Gasteiger partial charge on any atom is 0.251 e. The Bertz CT molecular complexity index is 1370. The van der Waals surface area contributed by atoms with Crippen molar-refractivity contribution < 1.29 is 14.4 Å². The zero-order valence-corrected chi connectivity index (χ0v) is 18.6. The van der Waals surface area contributed by atoms with Crippen LogP contribution in [0.15, 0.2) is 48.7 Å². The summed E-state index contributed by atoms with van der Waals surface area (Å²) in [5, 5.41) is 2.62. The third-order valence-corrected chi connectivity index (χ3v) is 7.00. The fourth-order valence-corrected chi connectivity index (χ4v) is 5.27.